The Morgan fingerprint density at radius 1 is 0.881 bits per heavy atom. The number of carbonyl (C=O) groups is 2. The van der Waals surface area contributed by atoms with Crippen molar-refractivity contribution in [2.24, 2.45) is 22.7 Å². The normalized spacial score (nSPS) is 27.7. The Balaban J connectivity index is 1.71. The molecular weight excluding hydrogens is 587 g/mol. The van der Waals surface area contributed by atoms with Crippen molar-refractivity contribution < 1.29 is 53.6 Å². The van der Waals surface area contributed by atoms with Crippen LogP contribution < -0.4 is 0 Å². The van der Waals surface area contributed by atoms with E-state index in [0.717, 1.165) is 5.56 Å². The highest BCUT2D eigenvalue weighted by molar-refractivity contribution is 7.85. The second-order valence-corrected chi connectivity index (χ2v) is 13.5. The lowest BCUT2D eigenvalue weighted by Gasteiger charge is -2.60. The van der Waals surface area contributed by atoms with Crippen LogP contribution in [0.25, 0.3) is 0 Å². The fourth-order valence-electron chi connectivity index (χ4n) is 7.75. The highest BCUT2D eigenvalue weighted by Crippen LogP contribution is 2.66. The van der Waals surface area contributed by atoms with Crippen molar-refractivity contribution in [3.8, 4) is 0 Å². The molecule has 4 bridgehead atoms. The predicted octanol–water partition coefficient (Wildman–Crippen LogP) is 3.68. The first-order chi connectivity index (χ1) is 19.2. The van der Waals surface area contributed by atoms with Crippen LogP contribution in [0.15, 0.2) is 12.1 Å². The number of ketones is 1. The molecule has 5 rings (SSSR count). The Labute approximate surface area is 243 Å². The minimum Gasteiger partial charge on any atom is -0.438 e. The molecule has 0 spiro atoms. The van der Waals surface area contributed by atoms with Crippen molar-refractivity contribution in [3.63, 3.8) is 0 Å². The van der Waals surface area contributed by atoms with Gasteiger partial charge in [-0.2, -0.15) is 34.8 Å². The molecule has 2 atom stereocenters. The van der Waals surface area contributed by atoms with Crippen LogP contribution in [0.2, 0.25) is 0 Å². The molecule has 224 valence electrons. The number of carbonyl (C=O) groups excluding carboxylic acids is 2. The second kappa shape index (κ2) is 10.9. The first-order valence-corrected chi connectivity index (χ1v) is 14.9. The Bertz CT molecular complexity index is 1310. The molecule has 0 heterocycles. The number of alkyl halides is 6. The molecule has 0 aliphatic heterocycles. The van der Waals surface area contributed by atoms with Crippen LogP contribution in [0.5, 0.6) is 0 Å². The highest BCUT2D eigenvalue weighted by atomic mass is 32.2. The van der Waals surface area contributed by atoms with Gasteiger partial charge in [-0.15, -0.1) is 0 Å². The van der Waals surface area contributed by atoms with Gasteiger partial charge in [-0.25, -0.2) is 0 Å². The SMILES string of the molecule is [B]Cc1cc(C[B])c(CC(=O)C23CC4CC(C2)CC(C(=O)OC(CS(=O)(=O)O)(C(F)(F)F)C(F)(F)F)(C4)C3)c(C[B])c1. The molecule has 6 nitrogen and oxygen atoms in total. The van der Waals surface area contributed by atoms with Crippen molar-refractivity contribution in [1.29, 1.82) is 0 Å². The van der Waals surface area contributed by atoms with E-state index in [1.807, 2.05) is 0 Å². The topological polar surface area (TPSA) is 97.7 Å². The summed E-state index contributed by atoms with van der Waals surface area (Å²) < 4.78 is 119. The minimum absolute atomic E-state index is 0.0582. The lowest BCUT2D eigenvalue weighted by Crippen LogP contribution is -2.66. The molecule has 2 unspecified atom stereocenters. The summed E-state index contributed by atoms with van der Waals surface area (Å²) in [4.78, 5) is 27.4. The Morgan fingerprint density at radius 3 is 1.76 bits per heavy atom. The highest BCUT2D eigenvalue weighted by Gasteiger charge is 2.77. The molecule has 0 aromatic heterocycles. The molecule has 16 heteroatoms. The Morgan fingerprint density at radius 2 is 1.36 bits per heavy atom. The van der Waals surface area contributed by atoms with Gasteiger partial charge in [-0.05, 0) is 55.9 Å². The maximum Gasteiger partial charge on any atom is 0.438 e. The summed E-state index contributed by atoms with van der Waals surface area (Å²) in [6.45, 7) is 0. The third kappa shape index (κ3) is 5.78. The molecule has 4 fully saturated rings. The van der Waals surface area contributed by atoms with Gasteiger partial charge >= 0.3 is 23.9 Å². The minimum atomic E-state index is -6.43. The van der Waals surface area contributed by atoms with Crippen LogP contribution in [-0.4, -0.2) is 72.0 Å². The molecule has 42 heavy (non-hydrogen) atoms. The van der Waals surface area contributed by atoms with Crippen molar-refractivity contribution in [1.82, 2.24) is 0 Å². The lowest BCUT2D eigenvalue weighted by molar-refractivity contribution is -0.364. The molecule has 1 N–H and O–H groups in total. The molecule has 1 aromatic rings. The van der Waals surface area contributed by atoms with E-state index in [2.05, 4.69) is 4.74 Å². The molecule has 1 aromatic carbocycles. The van der Waals surface area contributed by atoms with Gasteiger partial charge in [-0.3, -0.25) is 14.1 Å². The van der Waals surface area contributed by atoms with E-state index in [0.29, 0.717) is 36.0 Å². The maximum atomic E-state index is 14.0. The lowest BCUT2D eigenvalue weighted by atomic mass is 9.43. The second-order valence-electron chi connectivity index (χ2n) is 12.1. The van der Waals surface area contributed by atoms with Crippen LogP contribution >= 0.6 is 0 Å². The number of hydrogen-bond acceptors (Lipinski definition) is 5. The molecule has 4 aliphatic carbocycles. The number of Topliss-reactive ketones (excluding diaryl/α,β-unsaturated/α-hetero) is 1. The van der Waals surface area contributed by atoms with E-state index in [1.165, 1.54) is 0 Å². The van der Waals surface area contributed by atoms with E-state index in [9.17, 15) is 44.3 Å². The van der Waals surface area contributed by atoms with Crippen molar-refractivity contribution in [2.75, 3.05) is 5.75 Å². The van der Waals surface area contributed by atoms with Crippen molar-refractivity contribution >= 4 is 45.4 Å². The summed E-state index contributed by atoms with van der Waals surface area (Å²) in [6.07, 6.45) is -12.2. The van der Waals surface area contributed by atoms with Crippen LogP contribution in [0.4, 0.5) is 26.3 Å². The molecule has 6 radical (unpaired) electrons. The van der Waals surface area contributed by atoms with E-state index < -0.39 is 50.6 Å². The number of hydrogen-bond donors (Lipinski definition) is 1. The third-order valence-electron chi connectivity index (χ3n) is 9.16. The molecular formula is C26H27B3F6O6S. The predicted molar refractivity (Wildman–Crippen MR) is 140 cm³/mol. The molecule has 0 amide bonds. The zero-order valence-electron chi connectivity index (χ0n) is 22.5. The monoisotopic (exact) mass is 614 g/mol. The standard InChI is InChI=1S/C26H27B3F6O6S/c27-9-14-2-17(10-28)19(18(3-14)11-29)4-20(36)22-5-15-1-16(6-22)8-23(7-15,12-22)21(37)41-24(25(30,31)32,26(33,34)35)13-42(38,39)40/h2-3,15-16H,1,4-13H2,(H,38,39,40). The van der Waals surface area contributed by atoms with Gasteiger partial charge in [0, 0.05) is 11.8 Å². The van der Waals surface area contributed by atoms with Crippen molar-refractivity contribution in [2.45, 2.75) is 81.9 Å². The average molecular weight is 614 g/mol. The van der Waals surface area contributed by atoms with Gasteiger partial charge in [0.1, 0.15) is 11.5 Å². The molecule has 4 aliphatic rings. The summed E-state index contributed by atoms with van der Waals surface area (Å²) in [5, 5.41) is 0. The van der Waals surface area contributed by atoms with E-state index in [4.69, 9.17) is 28.1 Å². The van der Waals surface area contributed by atoms with Gasteiger partial charge in [-0.1, -0.05) is 47.8 Å². The van der Waals surface area contributed by atoms with E-state index in [-0.39, 0.29) is 62.3 Å². The summed E-state index contributed by atoms with van der Waals surface area (Å²) >= 11 is 0. The van der Waals surface area contributed by atoms with E-state index >= 15 is 0 Å². The quantitative estimate of drug-likeness (QED) is 0.187. The number of esters is 1. The fraction of sp³-hybridized carbons (Fsp3) is 0.692. The fourth-order valence-corrected chi connectivity index (χ4v) is 8.65. The summed E-state index contributed by atoms with van der Waals surface area (Å²) in [5.41, 5.74) is -6.05. The largest absolute Gasteiger partial charge is 0.438 e. The molecule has 0 saturated heterocycles. The average Bonchev–Trinajstić information content (AvgIpc) is 2.85. The van der Waals surface area contributed by atoms with Crippen LogP contribution in [-0.2, 0) is 49.8 Å². The third-order valence-corrected chi connectivity index (χ3v) is 9.93. The summed E-state index contributed by atoms with van der Waals surface area (Å²) in [5.74, 6) is -5.87. The number of benzene rings is 1. The smallest absolute Gasteiger partial charge is 0.438 e. The number of rotatable bonds is 10. The zero-order chi connectivity index (χ0) is 31.5. The van der Waals surface area contributed by atoms with Gasteiger partial charge in [0.2, 0.25) is 0 Å². The van der Waals surface area contributed by atoms with Crippen LogP contribution in [0.1, 0.15) is 60.8 Å². The van der Waals surface area contributed by atoms with Crippen molar-refractivity contribution in [3.05, 3.63) is 34.4 Å². The first kappa shape index (κ1) is 32.9. The Kier molecular flexibility index (Phi) is 8.54. The van der Waals surface area contributed by atoms with Gasteiger partial charge in [0.15, 0.2) is 0 Å². The first-order valence-electron chi connectivity index (χ1n) is 13.3. The van der Waals surface area contributed by atoms with E-state index in [1.54, 1.807) is 12.1 Å². The van der Waals surface area contributed by atoms with Gasteiger partial charge < -0.3 is 4.74 Å². The van der Waals surface area contributed by atoms with Crippen LogP contribution in [0.3, 0.4) is 0 Å². The summed E-state index contributed by atoms with van der Waals surface area (Å²) in [7, 11) is 11.6. The zero-order valence-corrected chi connectivity index (χ0v) is 23.3. The number of halogens is 6. The van der Waals surface area contributed by atoms with Crippen LogP contribution in [0, 0.1) is 22.7 Å². The summed E-state index contributed by atoms with van der Waals surface area (Å²) in [6, 6.07) is 3.48. The number of ether oxygens (including phenoxy) is 1. The van der Waals surface area contributed by atoms with Gasteiger partial charge in [0.25, 0.3) is 10.1 Å². The Hall–Kier alpha value is -1.96. The van der Waals surface area contributed by atoms with Gasteiger partial charge in [0.05, 0.1) is 29.0 Å². The maximum absolute atomic E-state index is 14.0. The molecule has 4 saturated carbocycles.